The Balaban J connectivity index is 1.58. The fourth-order valence-electron chi connectivity index (χ4n) is 1.84. The van der Waals surface area contributed by atoms with Crippen LogP contribution in [0.15, 0.2) is 33.3 Å². The first-order chi connectivity index (χ1) is 11.5. The number of hydrogen-bond acceptors (Lipinski definition) is 5. The molecule has 1 aromatic carbocycles. The van der Waals surface area contributed by atoms with Gasteiger partial charge < -0.3 is 20.5 Å². The van der Waals surface area contributed by atoms with Crippen molar-refractivity contribution in [1.82, 2.24) is 20.8 Å². The maximum absolute atomic E-state index is 11.7. The lowest BCUT2D eigenvalue weighted by atomic mass is 10.3. The summed E-state index contributed by atoms with van der Waals surface area (Å²) < 4.78 is 5.87. The molecule has 2 rings (SSSR count). The number of rotatable bonds is 7. The second-order valence-corrected chi connectivity index (χ2v) is 5.89. The Kier molecular flexibility index (Phi) is 6.74. The van der Waals surface area contributed by atoms with Gasteiger partial charge in [-0.25, -0.2) is 4.79 Å². The van der Waals surface area contributed by atoms with E-state index in [2.05, 4.69) is 42.0 Å². The van der Waals surface area contributed by atoms with Gasteiger partial charge in [-0.1, -0.05) is 21.1 Å². The van der Waals surface area contributed by atoms with Gasteiger partial charge in [0.15, 0.2) is 5.82 Å². The van der Waals surface area contributed by atoms with E-state index in [1.807, 2.05) is 12.1 Å². The number of urea groups is 1. The zero-order chi connectivity index (χ0) is 17.4. The Morgan fingerprint density at radius 1 is 1.17 bits per heavy atom. The summed E-state index contributed by atoms with van der Waals surface area (Å²) >= 11 is 3.32. The molecular formula is C15H18BrN5O3. The van der Waals surface area contributed by atoms with Crippen molar-refractivity contribution >= 4 is 33.6 Å². The van der Waals surface area contributed by atoms with Gasteiger partial charge in [-0.3, -0.25) is 4.79 Å². The summed E-state index contributed by atoms with van der Waals surface area (Å²) in [5.41, 5.74) is 0.676. The summed E-state index contributed by atoms with van der Waals surface area (Å²) in [4.78, 5) is 27.4. The van der Waals surface area contributed by atoms with E-state index in [-0.39, 0.29) is 24.9 Å². The van der Waals surface area contributed by atoms with Gasteiger partial charge in [0.25, 0.3) is 0 Å². The van der Waals surface area contributed by atoms with E-state index < -0.39 is 0 Å². The van der Waals surface area contributed by atoms with E-state index in [0.717, 1.165) is 4.47 Å². The van der Waals surface area contributed by atoms with E-state index in [0.29, 0.717) is 30.4 Å². The van der Waals surface area contributed by atoms with Gasteiger partial charge in [0.05, 0.1) is 0 Å². The highest BCUT2D eigenvalue weighted by Crippen LogP contribution is 2.13. The Bertz CT molecular complexity index is 687. The quantitative estimate of drug-likeness (QED) is 0.664. The molecule has 0 saturated carbocycles. The van der Waals surface area contributed by atoms with Gasteiger partial charge in [-0.05, 0) is 31.2 Å². The summed E-state index contributed by atoms with van der Waals surface area (Å²) in [6.45, 7) is 2.38. The normalized spacial score (nSPS) is 10.2. The Morgan fingerprint density at radius 2 is 1.92 bits per heavy atom. The molecule has 0 unspecified atom stereocenters. The van der Waals surface area contributed by atoms with Crippen molar-refractivity contribution < 1.29 is 14.1 Å². The van der Waals surface area contributed by atoms with E-state index in [1.165, 1.54) is 0 Å². The van der Waals surface area contributed by atoms with Crippen LogP contribution < -0.4 is 16.0 Å². The lowest BCUT2D eigenvalue weighted by molar-refractivity contribution is -0.120. The maximum atomic E-state index is 11.7. The molecule has 0 spiro atoms. The van der Waals surface area contributed by atoms with Crippen LogP contribution in [-0.4, -0.2) is 35.2 Å². The predicted octanol–water partition coefficient (Wildman–Crippen LogP) is 2.01. The molecule has 1 aromatic heterocycles. The van der Waals surface area contributed by atoms with Crippen LogP contribution in [-0.2, 0) is 11.2 Å². The molecule has 2 aromatic rings. The average molecular weight is 396 g/mol. The summed E-state index contributed by atoms with van der Waals surface area (Å²) in [5, 5.41) is 11.7. The summed E-state index contributed by atoms with van der Waals surface area (Å²) in [6.07, 6.45) is 0.667. The third kappa shape index (κ3) is 6.37. The molecule has 0 aliphatic carbocycles. The smallest absolute Gasteiger partial charge is 0.319 e. The molecule has 3 N–H and O–H groups in total. The fraction of sp³-hybridized carbons (Fsp3) is 0.333. The van der Waals surface area contributed by atoms with Crippen LogP contribution in [0.3, 0.4) is 0 Å². The maximum Gasteiger partial charge on any atom is 0.319 e. The Hall–Kier alpha value is -2.42. The number of benzene rings is 1. The largest absolute Gasteiger partial charge is 0.356 e. The highest BCUT2D eigenvalue weighted by Gasteiger charge is 2.06. The topological polar surface area (TPSA) is 109 Å². The van der Waals surface area contributed by atoms with E-state index in [9.17, 15) is 9.59 Å². The SMILES string of the molecule is Cc1noc(CCNC(=O)CCNC(=O)Nc2ccc(Br)cc2)n1. The molecule has 0 saturated heterocycles. The number of amides is 3. The minimum absolute atomic E-state index is 0.157. The van der Waals surface area contributed by atoms with Crippen molar-refractivity contribution in [1.29, 1.82) is 0 Å². The van der Waals surface area contributed by atoms with E-state index in [1.54, 1.807) is 19.1 Å². The molecule has 1 heterocycles. The molecule has 128 valence electrons. The first-order valence-corrected chi connectivity index (χ1v) is 8.18. The summed E-state index contributed by atoms with van der Waals surface area (Å²) in [6, 6.07) is 6.85. The first kappa shape index (κ1) is 17.9. The van der Waals surface area contributed by atoms with Crippen molar-refractivity contribution in [2.24, 2.45) is 0 Å². The van der Waals surface area contributed by atoms with Gasteiger partial charge in [0.1, 0.15) is 0 Å². The molecule has 0 aliphatic heterocycles. The molecule has 8 nitrogen and oxygen atoms in total. The van der Waals surface area contributed by atoms with Gasteiger partial charge >= 0.3 is 6.03 Å². The van der Waals surface area contributed by atoms with Gasteiger partial charge in [-0.2, -0.15) is 4.98 Å². The lowest BCUT2D eigenvalue weighted by Crippen LogP contribution is -2.33. The number of halogens is 1. The van der Waals surface area contributed by atoms with Gasteiger partial charge in [-0.15, -0.1) is 0 Å². The lowest BCUT2D eigenvalue weighted by Gasteiger charge is -2.08. The molecule has 24 heavy (non-hydrogen) atoms. The molecular weight excluding hydrogens is 378 g/mol. The molecule has 9 heteroatoms. The number of carbonyl (C=O) groups excluding carboxylic acids is 2. The Labute approximate surface area is 147 Å². The zero-order valence-electron chi connectivity index (χ0n) is 13.1. The average Bonchev–Trinajstić information content (AvgIpc) is 2.95. The summed E-state index contributed by atoms with van der Waals surface area (Å²) in [5.74, 6) is 0.896. The minimum atomic E-state index is -0.355. The highest BCUT2D eigenvalue weighted by atomic mass is 79.9. The van der Waals surface area contributed by atoms with Crippen LogP contribution >= 0.6 is 15.9 Å². The number of aryl methyl sites for hydroxylation is 1. The number of carbonyl (C=O) groups is 2. The Morgan fingerprint density at radius 3 is 2.58 bits per heavy atom. The third-order valence-corrected chi connectivity index (χ3v) is 3.50. The van der Waals surface area contributed by atoms with Crippen LogP contribution in [0.25, 0.3) is 0 Å². The van der Waals surface area contributed by atoms with Crippen LogP contribution in [0.2, 0.25) is 0 Å². The number of aromatic nitrogens is 2. The molecule has 0 aliphatic rings. The highest BCUT2D eigenvalue weighted by molar-refractivity contribution is 9.10. The second-order valence-electron chi connectivity index (χ2n) is 4.97. The van der Waals surface area contributed by atoms with Crippen molar-refractivity contribution in [2.75, 3.05) is 18.4 Å². The summed E-state index contributed by atoms with van der Waals surface area (Å²) in [7, 11) is 0. The predicted molar refractivity (Wildman–Crippen MR) is 91.5 cm³/mol. The molecule has 0 fully saturated rings. The molecule has 0 bridgehead atoms. The fourth-order valence-corrected chi connectivity index (χ4v) is 2.10. The van der Waals surface area contributed by atoms with Crippen molar-refractivity contribution in [3.05, 3.63) is 40.5 Å². The van der Waals surface area contributed by atoms with Crippen LogP contribution in [0, 0.1) is 6.92 Å². The van der Waals surface area contributed by atoms with E-state index >= 15 is 0 Å². The molecule has 3 amide bonds. The van der Waals surface area contributed by atoms with Gasteiger partial charge in [0, 0.05) is 36.1 Å². The van der Waals surface area contributed by atoms with Crippen LogP contribution in [0.1, 0.15) is 18.1 Å². The van der Waals surface area contributed by atoms with Crippen LogP contribution in [0.5, 0.6) is 0 Å². The first-order valence-electron chi connectivity index (χ1n) is 7.39. The van der Waals surface area contributed by atoms with Crippen molar-refractivity contribution in [2.45, 2.75) is 19.8 Å². The van der Waals surface area contributed by atoms with Gasteiger partial charge in [0.2, 0.25) is 11.8 Å². The number of nitrogens with zero attached hydrogens (tertiary/aromatic N) is 2. The molecule has 0 atom stereocenters. The number of anilines is 1. The second kappa shape index (κ2) is 9.02. The monoisotopic (exact) mass is 395 g/mol. The van der Waals surface area contributed by atoms with Crippen molar-refractivity contribution in [3.8, 4) is 0 Å². The van der Waals surface area contributed by atoms with Crippen LogP contribution in [0.4, 0.5) is 10.5 Å². The zero-order valence-corrected chi connectivity index (χ0v) is 14.7. The molecule has 0 radical (unpaired) electrons. The third-order valence-electron chi connectivity index (χ3n) is 2.97. The minimum Gasteiger partial charge on any atom is -0.356 e. The number of nitrogens with one attached hydrogen (secondary N) is 3. The number of hydrogen-bond donors (Lipinski definition) is 3. The van der Waals surface area contributed by atoms with E-state index in [4.69, 9.17) is 4.52 Å². The van der Waals surface area contributed by atoms with Crippen molar-refractivity contribution in [3.63, 3.8) is 0 Å². The standard InChI is InChI=1S/C15H18BrN5O3/c1-10-19-14(24-21-10)7-9-17-13(22)6-8-18-15(23)20-12-4-2-11(16)3-5-12/h2-5H,6-9H2,1H3,(H,17,22)(H2,18,20,23).